The Morgan fingerprint density at radius 1 is 1.28 bits per heavy atom. The van der Waals surface area contributed by atoms with Crippen LogP contribution in [0.15, 0.2) is 48.8 Å². The lowest BCUT2D eigenvalue weighted by Gasteiger charge is -2.28. The van der Waals surface area contributed by atoms with Crippen molar-refractivity contribution in [1.29, 1.82) is 0 Å². The Hall–Kier alpha value is -1.98. The lowest BCUT2D eigenvalue weighted by atomic mass is 9.94. The maximum absolute atomic E-state index is 12.9. The van der Waals surface area contributed by atoms with E-state index in [1.807, 2.05) is 18.5 Å². The number of nitrogens with zero attached hydrogens (tertiary/aromatic N) is 3. The van der Waals surface area contributed by atoms with Crippen LogP contribution in [0.2, 0.25) is 0 Å². The monoisotopic (exact) mass is 343 g/mol. The Labute approximate surface area is 149 Å². The first-order valence-electron chi connectivity index (χ1n) is 8.80. The molecule has 1 aromatic heterocycles. The normalized spacial score (nSPS) is 21.0. The number of pyridine rings is 1. The van der Waals surface area contributed by atoms with Gasteiger partial charge in [-0.25, -0.2) is 4.39 Å². The molecule has 5 heteroatoms. The van der Waals surface area contributed by atoms with Gasteiger partial charge in [0, 0.05) is 31.5 Å². The zero-order valence-electron chi connectivity index (χ0n) is 14.9. The van der Waals surface area contributed by atoms with Crippen LogP contribution in [0.3, 0.4) is 0 Å². The maximum atomic E-state index is 12.9. The SMILES string of the molecule is CN(CCOc1ccc(F)cc1)C[C@@H]1CCN(C)[C@H]1c1cccnc1. The predicted molar refractivity (Wildman–Crippen MR) is 97.1 cm³/mol. The number of halogens is 1. The summed E-state index contributed by atoms with van der Waals surface area (Å²) >= 11 is 0. The van der Waals surface area contributed by atoms with Crippen molar-refractivity contribution in [2.24, 2.45) is 5.92 Å². The third kappa shape index (κ3) is 4.77. The van der Waals surface area contributed by atoms with E-state index in [-0.39, 0.29) is 5.82 Å². The number of likely N-dealkylation sites (N-methyl/N-ethyl adjacent to an activating group) is 1. The average Bonchev–Trinajstić information content (AvgIpc) is 2.97. The number of rotatable bonds is 7. The van der Waals surface area contributed by atoms with Gasteiger partial charge in [0.25, 0.3) is 0 Å². The first kappa shape index (κ1) is 17.8. The fourth-order valence-corrected chi connectivity index (χ4v) is 3.64. The van der Waals surface area contributed by atoms with Gasteiger partial charge >= 0.3 is 0 Å². The molecule has 0 saturated carbocycles. The van der Waals surface area contributed by atoms with Gasteiger partial charge in [-0.2, -0.15) is 0 Å². The molecule has 1 saturated heterocycles. The molecule has 0 spiro atoms. The molecule has 0 unspecified atom stereocenters. The van der Waals surface area contributed by atoms with Crippen molar-refractivity contribution in [1.82, 2.24) is 14.8 Å². The molecule has 2 atom stereocenters. The molecule has 1 aliphatic heterocycles. The Kier molecular flexibility index (Phi) is 6.00. The average molecular weight is 343 g/mol. The summed E-state index contributed by atoms with van der Waals surface area (Å²) in [6.45, 7) is 3.58. The molecule has 0 aliphatic carbocycles. The lowest BCUT2D eigenvalue weighted by Crippen LogP contribution is -2.32. The molecule has 0 N–H and O–H groups in total. The summed E-state index contributed by atoms with van der Waals surface area (Å²) in [6.07, 6.45) is 5.00. The summed E-state index contributed by atoms with van der Waals surface area (Å²) in [6, 6.07) is 10.8. The van der Waals surface area contributed by atoms with Crippen molar-refractivity contribution < 1.29 is 9.13 Å². The Morgan fingerprint density at radius 2 is 2.08 bits per heavy atom. The smallest absolute Gasteiger partial charge is 0.123 e. The van der Waals surface area contributed by atoms with Crippen LogP contribution in [-0.2, 0) is 0 Å². The molecule has 1 aliphatic rings. The van der Waals surface area contributed by atoms with E-state index in [2.05, 4.69) is 34.9 Å². The third-order valence-corrected chi connectivity index (χ3v) is 4.90. The second kappa shape index (κ2) is 8.41. The van der Waals surface area contributed by atoms with Gasteiger partial charge in [0.15, 0.2) is 0 Å². The van der Waals surface area contributed by atoms with E-state index in [0.717, 1.165) is 19.6 Å². The van der Waals surface area contributed by atoms with E-state index in [1.165, 1.54) is 24.1 Å². The number of hydrogen-bond donors (Lipinski definition) is 0. The van der Waals surface area contributed by atoms with Gasteiger partial charge in [0.1, 0.15) is 18.2 Å². The summed E-state index contributed by atoms with van der Waals surface area (Å²) in [5, 5.41) is 0. The molecule has 1 aromatic carbocycles. The molecular weight excluding hydrogens is 317 g/mol. The van der Waals surface area contributed by atoms with Crippen LogP contribution in [0.5, 0.6) is 5.75 Å². The topological polar surface area (TPSA) is 28.6 Å². The summed E-state index contributed by atoms with van der Waals surface area (Å²) in [5.41, 5.74) is 1.29. The van der Waals surface area contributed by atoms with E-state index >= 15 is 0 Å². The fraction of sp³-hybridized carbons (Fsp3) is 0.450. The van der Waals surface area contributed by atoms with Gasteiger partial charge in [0.05, 0.1) is 0 Å². The van der Waals surface area contributed by atoms with Crippen molar-refractivity contribution >= 4 is 0 Å². The van der Waals surface area contributed by atoms with Crippen LogP contribution in [0.4, 0.5) is 4.39 Å². The Morgan fingerprint density at radius 3 is 2.80 bits per heavy atom. The summed E-state index contributed by atoms with van der Waals surface area (Å²) < 4.78 is 18.6. The molecule has 2 heterocycles. The fourth-order valence-electron chi connectivity index (χ4n) is 3.64. The first-order chi connectivity index (χ1) is 12.1. The molecule has 25 heavy (non-hydrogen) atoms. The number of benzene rings is 1. The highest BCUT2D eigenvalue weighted by Crippen LogP contribution is 2.35. The highest BCUT2D eigenvalue weighted by atomic mass is 19.1. The van der Waals surface area contributed by atoms with Crippen LogP contribution in [-0.4, -0.2) is 55.1 Å². The molecular formula is C20H26FN3O. The van der Waals surface area contributed by atoms with Crippen molar-refractivity contribution in [3.05, 3.63) is 60.2 Å². The van der Waals surface area contributed by atoms with E-state index in [9.17, 15) is 4.39 Å². The van der Waals surface area contributed by atoms with Crippen molar-refractivity contribution in [2.75, 3.05) is 40.3 Å². The molecule has 4 nitrogen and oxygen atoms in total. The van der Waals surface area contributed by atoms with Crippen molar-refractivity contribution in [3.8, 4) is 5.75 Å². The van der Waals surface area contributed by atoms with Gasteiger partial charge in [-0.3, -0.25) is 9.88 Å². The van der Waals surface area contributed by atoms with Gasteiger partial charge in [-0.1, -0.05) is 6.07 Å². The van der Waals surface area contributed by atoms with Gasteiger partial charge in [-0.15, -0.1) is 0 Å². The number of hydrogen-bond acceptors (Lipinski definition) is 4. The minimum atomic E-state index is -0.240. The van der Waals surface area contributed by atoms with Gasteiger partial charge in [-0.05, 0) is 68.9 Å². The number of likely N-dealkylation sites (tertiary alicyclic amines) is 1. The van der Waals surface area contributed by atoms with Crippen LogP contribution in [0.25, 0.3) is 0 Å². The molecule has 2 aromatic rings. The van der Waals surface area contributed by atoms with Crippen molar-refractivity contribution in [2.45, 2.75) is 12.5 Å². The van der Waals surface area contributed by atoms with E-state index in [4.69, 9.17) is 4.74 Å². The van der Waals surface area contributed by atoms with Crippen LogP contribution < -0.4 is 4.74 Å². The van der Waals surface area contributed by atoms with Crippen LogP contribution in [0, 0.1) is 11.7 Å². The third-order valence-electron chi connectivity index (χ3n) is 4.90. The van der Waals surface area contributed by atoms with E-state index in [1.54, 1.807) is 12.1 Å². The second-order valence-electron chi connectivity index (χ2n) is 6.83. The molecule has 1 fully saturated rings. The Balaban J connectivity index is 1.49. The summed E-state index contributed by atoms with van der Waals surface area (Å²) in [7, 11) is 4.32. The molecule has 3 rings (SSSR count). The predicted octanol–water partition coefficient (Wildman–Crippen LogP) is 3.22. The van der Waals surface area contributed by atoms with Crippen molar-refractivity contribution in [3.63, 3.8) is 0 Å². The molecule has 0 bridgehead atoms. The van der Waals surface area contributed by atoms with Crippen LogP contribution >= 0.6 is 0 Å². The minimum absolute atomic E-state index is 0.240. The quantitative estimate of drug-likeness (QED) is 0.772. The largest absolute Gasteiger partial charge is 0.492 e. The lowest BCUT2D eigenvalue weighted by molar-refractivity contribution is 0.190. The van der Waals surface area contributed by atoms with Gasteiger partial charge in [0.2, 0.25) is 0 Å². The first-order valence-corrected chi connectivity index (χ1v) is 8.80. The summed E-state index contributed by atoms with van der Waals surface area (Å²) in [5.74, 6) is 1.06. The second-order valence-corrected chi connectivity index (χ2v) is 6.83. The molecule has 134 valence electrons. The highest BCUT2D eigenvalue weighted by molar-refractivity contribution is 5.22. The Bertz CT molecular complexity index is 650. The zero-order valence-corrected chi connectivity index (χ0v) is 14.9. The minimum Gasteiger partial charge on any atom is -0.492 e. The summed E-state index contributed by atoms with van der Waals surface area (Å²) in [4.78, 5) is 9.02. The van der Waals surface area contributed by atoms with E-state index < -0.39 is 0 Å². The number of ether oxygens (including phenoxy) is 1. The zero-order chi connectivity index (χ0) is 17.6. The highest BCUT2D eigenvalue weighted by Gasteiger charge is 2.33. The maximum Gasteiger partial charge on any atom is 0.123 e. The molecule has 0 radical (unpaired) electrons. The van der Waals surface area contributed by atoms with Gasteiger partial charge < -0.3 is 9.64 Å². The number of aromatic nitrogens is 1. The standard InChI is InChI=1S/C20H26FN3O/c1-23(12-13-25-19-7-5-18(21)6-8-19)15-17-9-11-24(2)20(17)16-4-3-10-22-14-16/h3-8,10,14,17,20H,9,11-13,15H2,1-2H3/t17-,20-/m0/s1. The molecule has 0 amide bonds. The van der Waals surface area contributed by atoms with Crippen LogP contribution in [0.1, 0.15) is 18.0 Å². The van der Waals surface area contributed by atoms with E-state index in [0.29, 0.717) is 24.3 Å².